The van der Waals surface area contributed by atoms with E-state index in [0.717, 1.165) is 49.9 Å². The van der Waals surface area contributed by atoms with Crippen LogP contribution in [0.2, 0.25) is 0 Å². The van der Waals surface area contributed by atoms with Crippen molar-refractivity contribution >= 4 is 23.2 Å². The summed E-state index contributed by atoms with van der Waals surface area (Å²) in [5, 5.41) is 9.65. The fraction of sp³-hybridized carbons (Fsp3) is 0.476. The Labute approximate surface area is 176 Å². The number of hydrogen-bond donors (Lipinski definition) is 2. The molecule has 0 aliphatic carbocycles. The third-order valence-electron chi connectivity index (χ3n) is 5.86. The molecule has 3 heterocycles. The summed E-state index contributed by atoms with van der Waals surface area (Å²) in [6.07, 6.45) is 0. The lowest BCUT2D eigenvalue weighted by Gasteiger charge is -2.37. The predicted molar refractivity (Wildman–Crippen MR) is 118 cm³/mol. The van der Waals surface area contributed by atoms with E-state index < -0.39 is 0 Å². The van der Waals surface area contributed by atoms with Crippen LogP contribution < -0.4 is 20.7 Å². The minimum Gasteiger partial charge on any atom is -0.367 e. The molecule has 2 fully saturated rings. The number of benzene rings is 1. The highest BCUT2D eigenvalue weighted by Gasteiger charge is 2.24. The van der Waals surface area contributed by atoms with Gasteiger partial charge in [0.25, 0.3) is 5.56 Å². The Morgan fingerprint density at radius 2 is 1.67 bits per heavy atom. The normalized spacial score (nSPS) is 17.8. The molecule has 0 radical (unpaired) electrons. The molecule has 4 rings (SSSR count). The van der Waals surface area contributed by atoms with Gasteiger partial charge < -0.3 is 24.9 Å². The molecule has 1 aromatic heterocycles. The maximum atomic E-state index is 12.9. The first-order valence-corrected chi connectivity index (χ1v) is 10.6. The van der Waals surface area contributed by atoms with E-state index in [0.29, 0.717) is 26.2 Å². The molecule has 9 heteroatoms. The van der Waals surface area contributed by atoms with Crippen molar-refractivity contribution in [3.05, 3.63) is 46.8 Å². The zero-order valence-electron chi connectivity index (χ0n) is 17.4. The first kappa shape index (κ1) is 20.2. The minimum absolute atomic E-state index is 0.0799. The summed E-state index contributed by atoms with van der Waals surface area (Å²) in [5.74, 6) is 0.728. The quantitative estimate of drug-likeness (QED) is 0.788. The van der Waals surface area contributed by atoms with Crippen LogP contribution in [-0.2, 0) is 0 Å². The van der Waals surface area contributed by atoms with Crippen molar-refractivity contribution in [3.8, 4) is 0 Å². The number of carbonyl (C=O) groups is 1. The SMILES string of the molecule is CCN1CCN(c2ccccc2NC(=O)N2CCN(c3ccc(=O)[nH]n3)CC2)CC1. The van der Waals surface area contributed by atoms with Gasteiger partial charge in [-0.15, -0.1) is 0 Å². The molecule has 2 amide bonds. The maximum absolute atomic E-state index is 12.9. The average Bonchev–Trinajstić information content (AvgIpc) is 2.80. The molecule has 0 atom stereocenters. The highest BCUT2D eigenvalue weighted by atomic mass is 16.2. The smallest absolute Gasteiger partial charge is 0.322 e. The number of nitrogens with zero attached hydrogens (tertiary/aromatic N) is 5. The number of para-hydroxylation sites is 2. The molecule has 1 aromatic carbocycles. The predicted octanol–water partition coefficient (Wildman–Crippen LogP) is 1.27. The molecule has 2 aliphatic heterocycles. The van der Waals surface area contributed by atoms with Gasteiger partial charge in [-0.25, -0.2) is 9.89 Å². The monoisotopic (exact) mass is 411 g/mol. The van der Waals surface area contributed by atoms with Crippen LogP contribution in [0.1, 0.15) is 6.92 Å². The van der Waals surface area contributed by atoms with E-state index in [4.69, 9.17) is 0 Å². The summed E-state index contributed by atoms with van der Waals surface area (Å²) in [7, 11) is 0. The van der Waals surface area contributed by atoms with E-state index >= 15 is 0 Å². The summed E-state index contributed by atoms with van der Waals surface area (Å²) in [6, 6.07) is 11.1. The number of likely N-dealkylation sites (N-methyl/N-ethyl adjacent to an activating group) is 1. The Kier molecular flexibility index (Phi) is 6.18. The van der Waals surface area contributed by atoms with Gasteiger partial charge in [-0.05, 0) is 24.7 Å². The van der Waals surface area contributed by atoms with E-state index in [-0.39, 0.29) is 11.6 Å². The van der Waals surface area contributed by atoms with Crippen molar-refractivity contribution in [2.45, 2.75) is 6.92 Å². The first-order chi connectivity index (χ1) is 14.6. The third kappa shape index (κ3) is 4.56. The number of nitrogens with one attached hydrogen (secondary N) is 2. The second-order valence-corrected chi connectivity index (χ2v) is 7.62. The zero-order valence-corrected chi connectivity index (χ0v) is 17.4. The van der Waals surface area contributed by atoms with Gasteiger partial charge in [0.2, 0.25) is 0 Å². The zero-order chi connectivity index (χ0) is 20.9. The number of carbonyl (C=O) groups excluding carboxylic acids is 1. The number of aromatic nitrogens is 2. The van der Waals surface area contributed by atoms with Crippen molar-refractivity contribution in [2.24, 2.45) is 0 Å². The minimum atomic E-state index is -0.216. The molecule has 160 valence electrons. The van der Waals surface area contributed by atoms with Gasteiger partial charge >= 0.3 is 6.03 Å². The summed E-state index contributed by atoms with van der Waals surface area (Å²) >= 11 is 0. The van der Waals surface area contributed by atoms with E-state index in [2.05, 4.69) is 43.2 Å². The van der Waals surface area contributed by atoms with Crippen LogP contribution in [0, 0.1) is 0 Å². The van der Waals surface area contributed by atoms with E-state index in [1.807, 2.05) is 23.1 Å². The molecule has 30 heavy (non-hydrogen) atoms. The number of piperazine rings is 2. The highest BCUT2D eigenvalue weighted by Crippen LogP contribution is 2.27. The fourth-order valence-electron chi connectivity index (χ4n) is 4.01. The standard InChI is InChI=1S/C21H29N7O2/c1-2-25-9-11-26(12-10-25)18-6-4-3-5-17(18)22-21(30)28-15-13-27(14-16-28)19-7-8-20(29)24-23-19/h3-8H,2,9-16H2,1H3,(H,22,30)(H,24,29). The molecule has 2 aromatic rings. The number of amides is 2. The Morgan fingerprint density at radius 3 is 2.33 bits per heavy atom. The Hall–Kier alpha value is -3.07. The summed E-state index contributed by atoms with van der Waals surface area (Å²) in [4.78, 5) is 32.8. The molecule has 0 saturated carbocycles. The van der Waals surface area contributed by atoms with Crippen molar-refractivity contribution < 1.29 is 4.79 Å². The van der Waals surface area contributed by atoms with Crippen LogP contribution in [0.5, 0.6) is 0 Å². The maximum Gasteiger partial charge on any atom is 0.322 e. The van der Waals surface area contributed by atoms with Crippen LogP contribution in [0.3, 0.4) is 0 Å². The fourth-order valence-corrected chi connectivity index (χ4v) is 4.01. The van der Waals surface area contributed by atoms with Crippen molar-refractivity contribution in [1.82, 2.24) is 20.0 Å². The second kappa shape index (κ2) is 9.17. The Morgan fingerprint density at radius 1 is 0.967 bits per heavy atom. The number of hydrogen-bond acceptors (Lipinski definition) is 6. The molecule has 0 unspecified atom stereocenters. The van der Waals surface area contributed by atoms with Crippen LogP contribution in [-0.4, -0.2) is 84.9 Å². The number of rotatable bonds is 4. The summed E-state index contributed by atoms with van der Waals surface area (Å²) in [5.41, 5.74) is 1.72. The van der Waals surface area contributed by atoms with Gasteiger partial charge in [-0.1, -0.05) is 19.1 Å². The van der Waals surface area contributed by atoms with E-state index in [1.54, 1.807) is 6.07 Å². The van der Waals surface area contributed by atoms with Crippen molar-refractivity contribution in [3.63, 3.8) is 0 Å². The van der Waals surface area contributed by atoms with Gasteiger partial charge in [0, 0.05) is 58.4 Å². The average molecular weight is 412 g/mol. The lowest BCUT2D eigenvalue weighted by Crippen LogP contribution is -2.50. The molecule has 0 spiro atoms. The lowest BCUT2D eigenvalue weighted by molar-refractivity contribution is 0.208. The van der Waals surface area contributed by atoms with E-state index in [1.165, 1.54) is 6.07 Å². The molecule has 2 saturated heterocycles. The van der Waals surface area contributed by atoms with Crippen molar-refractivity contribution in [1.29, 1.82) is 0 Å². The molecule has 0 bridgehead atoms. The molecule has 9 nitrogen and oxygen atoms in total. The van der Waals surface area contributed by atoms with Gasteiger partial charge in [0.05, 0.1) is 11.4 Å². The van der Waals surface area contributed by atoms with Crippen LogP contribution in [0.15, 0.2) is 41.2 Å². The number of H-pyrrole nitrogens is 1. The van der Waals surface area contributed by atoms with Gasteiger partial charge in [0.15, 0.2) is 0 Å². The van der Waals surface area contributed by atoms with Crippen molar-refractivity contribution in [2.75, 3.05) is 74.0 Å². The van der Waals surface area contributed by atoms with E-state index in [9.17, 15) is 9.59 Å². The van der Waals surface area contributed by atoms with Crippen LogP contribution in [0.25, 0.3) is 0 Å². The molecule has 2 aliphatic rings. The number of urea groups is 1. The van der Waals surface area contributed by atoms with Gasteiger partial charge in [0.1, 0.15) is 5.82 Å². The lowest BCUT2D eigenvalue weighted by atomic mass is 10.2. The summed E-state index contributed by atoms with van der Waals surface area (Å²) in [6.45, 7) is 9.83. The third-order valence-corrected chi connectivity index (χ3v) is 5.86. The van der Waals surface area contributed by atoms with Crippen LogP contribution in [0.4, 0.5) is 22.0 Å². The molecule has 2 N–H and O–H groups in total. The Balaban J connectivity index is 1.36. The second-order valence-electron chi connectivity index (χ2n) is 7.62. The van der Waals surface area contributed by atoms with Crippen LogP contribution >= 0.6 is 0 Å². The summed E-state index contributed by atoms with van der Waals surface area (Å²) < 4.78 is 0. The number of anilines is 3. The number of aromatic amines is 1. The first-order valence-electron chi connectivity index (χ1n) is 10.6. The largest absolute Gasteiger partial charge is 0.367 e. The highest BCUT2D eigenvalue weighted by molar-refractivity contribution is 5.93. The van der Waals surface area contributed by atoms with Gasteiger partial charge in [-0.2, -0.15) is 5.10 Å². The molecular weight excluding hydrogens is 382 g/mol. The topological polar surface area (TPSA) is 87.8 Å². The Bertz CT molecular complexity index is 895. The molecular formula is C21H29N7O2. The van der Waals surface area contributed by atoms with Gasteiger partial charge in [-0.3, -0.25) is 4.79 Å².